The minimum Gasteiger partial charge on any atom is -0.259 e. The Morgan fingerprint density at radius 2 is 2.05 bits per heavy atom. The molecule has 0 aliphatic heterocycles. The van der Waals surface area contributed by atoms with Crippen LogP contribution in [0.5, 0.6) is 0 Å². The average molecular weight is 362 g/mol. The van der Waals surface area contributed by atoms with Crippen LogP contribution in [0.2, 0.25) is 0 Å². The number of rotatable bonds is 3. The molecule has 1 aliphatic rings. The van der Waals surface area contributed by atoms with E-state index >= 15 is 0 Å². The van der Waals surface area contributed by atoms with Crippen LogP contribution in [0.4, 0.5) is 4.39 Å². The molecule has 20 heavy (non-hydrogen) atoms. The quantitative estimate of drug-likeness (QED) is 0.775. The summed E-state index contributed by atoms with van der Waals surface area (Å²) < 4.78 is 42.7. The summed E-state index contributed by atoms with van der Waals surface area (Å²) in [5.74, 6) is -0.553. The SMILES string of the molecule is CC1(C#N)CC(OS(C)(=O)=O)(c2ccc(Br)cc2F)C1. The maximum atomic E-state index is 14.1. The first kappa shape index (κ1) is 15.4. The highest BCUT2D eigenvalue weighted by molar-refractivity contribution is 9.10. The van der Waals surface area contributed by atoms with Gasteiger partial charge in [0.1, 0.15) is 11.4 Å². The van der Waals surface area contributed by atoms with E-state index in [0.29, 0.717) is 4.47 Å². The van der Waals surface area contributed by atoms with Crippen molar-refractivity contribution in [1.82, 2.24) is 0 Å². The van der Waals surface area contributed by atoms with Crippen LogP contribution in [-0.2, 0) is 19.9 Å². The largest absolute Gasteiger partial charge is 0.265 e. The third-order valence-corrected chi connectivity index (χ3v) is 4.47. The molecule has 0 radical (unpaired) electrons. The summed E-state index contributed by atoms with van der Waals surface area (Å²) in [7, 11) is -3.76. The monoisotopic (exact) mass is 361 g/mol. The van der Waals surface area contributed by atoms with Crippen LogP contribution in [0.25, 0.3) is 0 Å². The first-order valence-corrected chi connectivity index (χ1v) is 8.48. The van der Waals surface area contributed by atoms with Crippen LogP contribution < -0.4 is 0 Å². The average Bonchev–Trinajstić information content (AvgIpc) is 2.24. The standard InChI is InChI=1S/C13H13BrFNO3S/c1-12(8-16)6-13(7-12,19-20(2,17)18)10-4-3-9(14)5-11(10)15/h3-5H,6-7H2,1-2H3. The number of halogens is 2. The molecule has 0 heterocycles. The van der Waals surface area contributed by atoms with Crippen molar-refractivity contribution in [3.05, 3.63) is 34.1 Å². The second-order valence-electron chi connectivity index (χ2n) is 5.43. The molecule has 0 bridgehead atoms. The smallest absolute Gasteiger partial charge is 0.259 e. The summed E-state index contributed by atoms with van der Waals surface area (Å²) in [4.78, 5) is 0. The Morgan fingerprint density at radius 1 is 1.45 bits per heavy atom. The topological polar surface area (TPSA) is 67.2 Å². The van der Waals surface area contributed by atoms with E-state index in [0.717, 1.165) is 6.26 Å². The van der Waals surface area contributed by atoms with Crippen molar-refractivity contribution in [3.8, 4) is 6.07 Å². The highest BCUT2D eigenvalue weighted by Crippen LogP contribution is 2.57. The van der Waals surface area contributed by atoms with Gasteiger partial charge in [-0.25, -0.2) is 4.39 Å². The zero-order valence-electron chi connectivity index (χ0n) is 11.0. The van der Waals surface area contributed by atoms with Gasteiger partial charge in [0.15, 0.2) is 0 Å². The lowest BCUT2D eigenvalue weighted by molar-refractivity contribution is -0.0774. The fourth-order valence-corrected chi connectivity index (χ4v) is 3.85. The predicted octanol–water partition coefficient (Wildman–Crippen LogP) is 3.08. The lowest BCUT2D eigenvalue weighted by atomic mass is 9.58. The van der Waals surface area contributed by atoms with Crippen LogP contribution in [0.3, 0.4) is 0 Å². The number of nitrogens with zero attached hydrogens (tertiary/aromatic N) is 1. The number of nitriles is 1. The normalized spacial score (nSPS) is 29.6. The zero-order chi connectivity index (χ0) is 15.2. The summed E-state index contributed by atoms with van der Waals surface area (Å²) in [6.07, 6.45) is 1.21. The van der Waals surface area contributed by atoms with Crippen molar-refractivity contribution >= 4 is 26.0 Å². The second kappa shape index (κ2) is 4.79. The van der Waals surface area contributed by atoms with Crippen molar-refractivity contribution in [2.45, 2.75) is 25.4 Å². The van der Waals surface area contributed by atoms with Gasteiger partial charge in [0.2, 0.25) is 0 Å². The summed E-state index contributed by atoms with van der Waals surface area (Å²) in [6, 6.07) is 6.47. The molecule has 1 saturated carbocycles. The Hall–Kier alpha value is -0.970. The van der Waals surface area contributed by atoms with E-state index in [1.165, 1.54) is 12.1 Å². The minimum atomic E-state index is -3.76. The Kier molecular flexibility index (Phi) is 3.70. The molecular weight excluding hydrogens is 349 g/mol. The predicted molar refractivity (Wildman–Crippen MR) is 74.7 cm³/mol. The summed E-state index contributed by atoms with van der Waals surface area (Å²) in [5, 5.41) is 9.08. The number of hydrogen-bond donors (Lipinski definition) is 0. The van der Waals surface area contributed by atoms with Crippen LogP contribution in [0.1, 0.15) is 25.3 Å². The van der Waals surface area contributed by atoms with Crippen LogP contribution in [0.15, 0.2) is 22.7 Å². The lowest BCUT2D eigenvalue weighted by Crippen LogP contribution is -2.50. The first-order chi connectivity index (χ1) is 9.09. The van der Waals surface area contributed by atoms with Crippen molar-refractivity contribution in [2.24, 2.45) is 5.41 Å². The summed E-state index contributed by atoms with van der Waals surface area (Å²) in [6.45, 7) is 1.70. The van der Waals surface area contributed by atoms with Crippen molar-refractivity contribution < 1.29 is 17.0 Å². The van der Waals surface area contributed by atoms with Gasteiger partial charge in [-0.05, 0) is 19.1 Å². The number of benzene rings is 1. The molecule has 108 valence electrons. The molecule has 2 rings (SSSR count). The van der Waals surface area contributed by atoms with E-state index in [1.807, 2.05) is 0 Å². The molecule has 0 atom stereocenters. The zero-order valence-corrected chi connectivity index (χ0v) is 13.4. The molecule has 0 N–H and O–H groups in total. The van der Waals surface area contributed by atoms with Gasteiger partial charge in [-0.3, -0.25) is 4.18 Å². The van der Waals surface area contributed by atoms with Gasteiger partial charge in [-0.2, -0.15) is 13.7 Å². The summed E-state index contributed by atoms with van der Waals surface area (Å²) in [5.41, 5.74) is -1.83. The van der Waals surface area contributed by atoms with Crippen molar-refractivity contribution in [1.29, 1.82) is 5.26 Å². The van der Waals surface area contributed by atoms with Gasteiger partial charge in [0.05, 0.1) is 17.7 Å². The van der Waals surface area contributed by atoms with Gasteiger partial charge < -0.3 is 0 Å². The van der Waals surface area contributed by atoms with Gasteiger partial charge in [0, 0.05) is 22.9 Å². The maximum Gasteiger partial charge on any atom is 0.265 e. The van der Waals surface area contributed by atoms with Crippen LogP contribution in [0, 0.1) is 22.6 Å². The molecule has 0 spiro atoms. The molecule has 1 fully saturated rings. The molecule has 1 aromatic rings. The van der Waals surface area contributed by atoms with E-state index < -0.39 is 27.0 Å². The Labute approximate surface area is 125 Å². The highest BCUT2D eigenvalue weighted by atomic mass is 79.9. The Bertz CT molecular complexity index is 690. The summed E-state index contributed by atoms with van der Waals surface area (Å²) >= 11 is 3.15. The molecule has 1 aliphatic carbocycles. The molecule has 0 aromatic heterocycles. The second-order valence-corrected chi connectivity index (χ2v) is 7.92. The van der Waals surface area contributed by atoms with E-state index in [1.54, 1.807) is 13.0 Å². The third-order valence-electron chi connectivity index (χ3n) is 3.35. The van der Waals surface area contributed by atoms with Crippen molar-refractivity contribution in [2.75, 3.05) is 6.26 Å². The molecule has 0 amide bonds. The van der Waals surface area contributed by atoms with Gasteiger partial charge in [-0.15, -0.1) is 0 Å². The maximum absolute atomic E-state index is 14.1. The highest BCUT2D eigenvalue weighted by Gasteiger charge is 2.57. The number of hydrogen-bond acceptors (Lipinski definition) is 4. The molecule has 0 saturated heterocycles. The van der Waals surface area contributed by atoms with Gasteiger partial charge in [0.25, 0.3) is 10.1 Å². The molecule has 4 nitrogen and oxygen atoms in total. The fraction of sp³-hybridized carbons (Fsp3) is 0.462. The Morgan fingerprint density at radius 3 is 2.50 bits per heavy atom. The first-order valence-electron chi connectivity index (χ1n) is 5.87. The minimum absolute atomic E-state index is 0.141. The van der Waals surface area contributed by atoms with Crippen molar-refractivity contribution in [3.63, 3.8) is 0 Å². The van der Waals surface area contributed by atoms with E-state index in [9.17, 15) is 12.8 Å². The molecule has 1 aromatic carbocycles. The third kappa shape index (κ3) is 2.87. The van der Waals surface area contributed by atoms with Crippen LogP contribution >= 0.6 is 15.9 Å². The lowest BCUT2D eigenvalue weighted by Gasteiger charge is -2.49. The Balaban J connectivity index is 2.47. The van der Waals surface area contributed by atoms with Crippen LogP contribution in [-0.4, -0.2) is 14.7 Å². The van der Waals surface area contributed by atoms with Gasteiger partial charge >= 0.3 is 0 Å². The molecular formula is C13H13BrFNO3S. The van der Waals surface area contributed by atoms with E-state index in [-0.39, 0.29) is 18.4 Å². The van der Waals surface area contributed by atoms with E-state index in [2.05, 4.69) is 22.0 Å². The van der Waals surface area contributed by atoms with Gasteiger partial charge in [-0.1, -0.05) is 22.0 Å². The van der Waals surface area contributed by atoms with E-state index in [4.69, 9.17) is 9.44 Å². The molecule has 7 heteroatoms. The molecule has 0 unspecified atom stereocenters. The fourth-order valence-electron chi connectivity index (χ4n) is 2.73.